The van der Waals surface area contributed by atoms with Crippen molar-refractivity contribution < 1.29 is 27.8 Å². The lowest BCUT2D eigenvalue weighted by Gasteiger charge is -2.46. The van der Waals surface area contributed by atoms with E-state index in [-0.39, 0.29) is 30.9 Å². The Hall–Kier alpha value is -2.79. The molecule has 0 saturated carbocycles. The summed E-state index contributed by atoms with van der Waals surface area (Å²) >= 11 is 1.92. The predicted octanol–water partition coefficient (Wildman–Crippen LogP) is 4.72. The van der Waals surface area contributed by atoms with Gasteiger partial charge in [-0.15, -0.1) is 0 Å². The van der Waals surface area contributed by atoms with Crippen molar-refractivity contribution in [3.05, 3.63) is 87.2 Å². The van der Waals surface area contributed by atoms with Crippen LogP contribution in [0.2, 0.25) is 0 Å². The molecule has 0 unspecified atom stereocenters. The second-order valence-corrected chi connectivity index (χ2v) is 8.77. The van der Waals surface area contributed by atoms with E-state index in [1.807, 2.05) is 28.7 Å². The average Bonchev–Trinajstić information content (AvgIpc) is 2.75. The first-order valence-corrected chi connectivity index (χ1v) is 10.7. The second kappa shape index (κ2) is 8.99. The Kier molecular flexibility index (Phi) is 6.29. The van der Waals surface area contributed by atoms with E-state index in [1.54, 1.807) is 30.3 Å². The third-order valence-electron chi connectivity index (χ3n) is 5.02. The summed E-state index contributed by atoms with van der Waals surface area (Å²) in [5.74, 6) is -3.18. The number of β-amino-alcohol motifs (C(OH)–C–C–N with tert-alkyl or cyclic N) is 1. The molecule has 1 saturated heterocycles. The maximum Gasteiger partial charge on any atom is 0.256 e. The first-order chi connectivity index (χ1) is 15.3. The molecule has 2 N–H and O–H groups in total. The van der Waals surface area contributed by atoms with Crippen molar-refractivity contribution in [1.29, 1.82) is 0 Å². The lowest BCUT2D eigenvalue weighted by Crippen LogP contribution is -2.66. The van der Waals surface area contributed by atoms with Crippen LogP contribution in [0.5, 0.6) is 5.75 Å². The van der Waals surface area contributed by atoms with Gasteiger partial charge in [0.2, 0.25) is 0 Å². The number of ether oxygens (including phenoxy) is 1. The molecule has 3 aromatic carbocycles. The first kappa shape index (κ1) is 22.4. The Morgan fingerprint density at radius 2 is 1.78 bits per heavy atom. The van der Waals surface area contributed by atoms with Gasteiger partial charge in [0.05, 0.1) is 30.0 Å². The molecule has 1 heterocycles. The molecule has 32 heavy (non-hydrogen) atoms. The van der Waals surface area contributed by atoms with Gasteiger partial charge in [-0.25, -0.2) is 13.2 Å². The number of halogens is 4. The molecule has 1 aliphatic rings. The fraction of sp³-hybridized carbons (Fsp3) is 0.174. The Balaban J connectivity index is 1.50. The highest BCUT2D eigenvalue weighted by Gasteiger charge is 2.45. The number of nitrogens with one attached hydrogen (secondary N) is 1. The zero-order valence-electron chi connectivity index (χ0n) is 16.6. The number of hydrogen-bond acceptors (Lipinski definition) is 4. The van der Waals surface area contributed by atoms with Crippen LogP contribution in [0.1, 0.15) is 10.4 Å². The number of para-hydroxylation sites is 1. The molecule has 0 radical (unpaired) electrons. The molecule has 166 valence electrons. The highest BCUT2D eigenvalue weighted by molar-refractivity contribution is 14.1. The highest BCUT2D eigenvalue weighted by Crippen LogP contribution is 2.32. The number of hydrogen-bond donors (Lipinski definition) is 2. The van der Waals surface area contributed by atoms with Gasteiger partial charge >= 0.3 is 0 Å². The summed E-state index contributed by atoms with van der Waals surface area (Å²) in [4.78, 5) is 14.2. The summed E-state index contributed by atoms with van der Waals surface area (Å²) in [6.45, 7) is -0.123. The normalized spacial score (nSPS) is 14.6. The summed E-state index contributed by atoms with van der Waals surface area (Å²) in [6.07, 6.45) is 0. The smallest absolute Gasteiger partial charge is 0.256 e. The van der Waals surface area contributed by atoms with Crippen LogP contribution in [0.15, 0.2) is 60.7 Å². The van der Waals surface area contributed by atoms with Gasteiger partial charge in [-0.05, 0) is 65.1 Å². The third kappa shape index (κ3) is 4.68. The predicted molar refractivity (Wildman–Crippen MR) is 122 cm³/mol. The van der Waals surface area contributed by atoms with Crippen molar-refractivity contribution in [3.63, 3.8) is 0 Å². The molecule has 0 bridgehead atoms. The van der Waals surface area contributed by atoms with Gasteiger partial charge in [-0.1, -0.05) is 18.2 Å². The van der Waals surface area contributed by atoms with Crippen LogP contribution in [-0.4, -0.2) is 41.2 Å². The molecular formula is C23H18F3IN2O3. The van der Waals surface area contributed by atoms with Crippen LogP contribution >= 0.6 is 22.6 Å². The van der Waals surface area contributed by atoms with Gasteiger partial charge in [-0.3, -0.25) is 4.79 Å². The van der Waals surface area contributed by atoms with Gasteiger partial charge in [-0.2, -0.15) is 0 Å². The first-order valence-electron chi connectivity index (χ1n) is 9.65. The van der Waals surface area contributed by atoms with Crippen LogP contribution in [0, 0.1) is 21.0 Å². The monoisotopic (exact) mass is 554 g/mol. The number of aliphatic hydroxyl groups is 1. The van der Waals surface area contributed by atoms with Gasteiger partial charge in [0, 0.05) is 3.57 Å². The van der Waals surface area contributed by atoms with Crippen molar-refractivity contribution in [3.8, 4) is 5.75 Å². The molecule has 0 aliphatic carbocycles. The molecule has 4 rings (SSSR count). The Morgan fingerprint density at radius 1 is 1.06 bits per heavy atom. The second-order valence-electron chi connectivity index (χ2n) is 7.52. The molecule has 0 aromatic heterocycles. The molecule has 1 amide bonds. The molecule has 9 heteroatoms. The van der Waals surface area contributed by atoms with Crippen molar-refractivity contribution >= 4 is 39.9 Å². The summed E-state index contributed by atoms with van der Waals surface area (Å²) < 4.78 is 48.9. The fourth-order valence-corrected chi connectivity index (χ4v) is 3.83. The minimum absolute atomic E-state index is 0.0302. The number of benzene rings is 3. The number of rotatable bonds is 6. The van der Waals surface area contributed by atoms with E-state index in [4.69, 9.17) is 4.74 Å². The maximum absolute atomic E-state index is 14.6. The Bertz CT molecular complexity index is 1150. The quantitative estimate of drug-likeness (QED) is 0.434. The lowest BCUT2D eigenvalue weighted by molar-refractivity contribution is -0.104. The van der Waals surface area contributed by atoms with E-state index in [1.165, 1.54) is 17.0 Å². The standard InChI is InChI=1S/C23H18F3IN2O3/c24-17-8-7-16(21(20(17)26)28-19-9-6-14(27)10-18(19)25)22(30)29-11-23(31,12-29)13-32-15-4-2-1-3-5-15/h1-10,28,31H,11-13H2. The molecule has 0 atom stereocenters. The van der Waals surface area contributed by atoms with Crippen LogP contribution in [0.3, 0.4) is 0 Å². The van der Waals surface area contributed by atoms with Gasteiger partial charge < -0.3 is 20.1 Å². The van der Waals surface area contributed by atoms with Gasteiger partial charge in [0.25, 0.3) is 5.91 Å². The summed E-state index contributed by atoms with van der Waals surface area (Å²) in [5, 5.41) is 13.1. The van der Waals surface area contributed by atoms with Gasteiger partial charge in [0.15, 0.2) is 11.6 Å². The fourth-order valence-electron chi connectivity index (χ4n) is 3.38. The number of carbonyl (C=O) groups is 1. The maximum atomic E-state index is 14.6. The third-order valence-corrected chi connectivity index (χ3v) is 5.70. The number of likely N-dealkylation sites (tertiary alicyclic amines) is 1. The van der Waals surface area contributed by atoms with E-state index >= 15 is 0 Å². The molecule has 5 nitrogen and oxygen atoms in total. The lowest BCUT2D eigenvalue weighted by atomic mass is 9.94. The van der Waals surface area contributed by atoms with Crippen LogP contribution in [-0.2, 0) is 0 Å². The van der Waals surface area contributed by atoms with Gasteiger partial charge in [0.1, 0.15) is 23.8 Å². The molecule has 3 aromatic rings. The van der Waals surface area contributed by atoms with Crippen molar-refractivity contribution in [2.45, 2.75) is 5.60 Å². The van der Waals surface area contributed by atoms with E-state index in [0.29, 0.717) is 9.32 Å². The molecular weight excluding hydrogens is 536 g/mol. The van der Waals surface area contributed by atoms with Crippen molar-refractivity contribution in [1.82, 2.24) is 4.90 Å². The zero-order valence-corrected chi connectivity index (χ0v) is 18.8. The number of nitrogens with zero attached hydrogens (tertiary/aromatic N) is 1. The molecule has 1 aliphatic heterocycles. The van der Waals surface area contributed by atoms with E-state index in [9.17, 15) is 23.1 Å². The van der Waals surface area contributed by atoms with Crippen LogP contribution in [0.25, 0.3) is 0 Å². The zero-order chi connectivity index (χ0) is 22.9. The van der Waals surface area contributed by atoms with Crippen molar-refractivity contribution in [2.75, 3.05) is 25.0 Å². The Morgan fingerprint density at radius 3 is 2.47 bits per heavy atom. The summed E-state index contributed by atoms with van der Waals surface area (Å²) in [5.41, 5.74) is -2.00. The number of anilines is 2. The van der Waals surface area contributed by atoms with Crippen LogP contribution in [0.4, 0.5) is 24.5 Å². The summed E-state index contributed by atoms with van der Waals surface area (Å²) in [7, 11) is 0. The van der Waals surface area contributed by atoms with E-state index < -0.39 is 34.6 Å². The number of amides is 1. The largest absolute Gasteiger partial charge is 0.490 e. The topological polar surface area (TPSA) is 61.8 Å². The van der Waals surface area contributed by atoms with E-state index in [2.05, 4.69) is 5.32 Å². The van der Waals surface area contributed by atoms with Crippen molar-refractivity contribution in [2.24, 2.45) is 0 Å². The number of carbonyl (C=O) groups excluding carboxylic acids is 1. The Labute approximate surface area is 196 Å². The highest BCUT2D eigenvalue weighted by atomic mass is 127. The minimum Gasteiger partial charge on any atom is -0.490 e. The molecule has 0 spiro atoms. The van der Waals surface area contributed by atoms with Crippen LogP contribution < -0.4 is 10.1 Å². The van der Waals surface area contributed by atoms with E-state index in [0.717, 1.165) is 12.1 Å². The molecule has 1 fully saturated rings. The average molecular weight is 554 g/mol. The SMILES string of the molecule is O=C(c1ccc(F)c(F)c1Nc1ccc(I)cc1F)N1CC(O)(COc2ccccc2)C1. The summed E-state index contributed by atoms with van der Waals surface area (Å²) in [6, 6.07) is 15.1. The minimum atomic E-state index is -1.29.